The van der Waals surface area contributed by atoms with Gasteiger partial charge in [-0.2, -0.15) is 0 Å². The molecule has 13 unspecified atom stereocenters. The summed E-state index contributed by atoms with van der Waals surface area (Å²) in [5.74, 6) is 0.439. The van der Waals surface area contributed by atoms with E-state index in [-0.39, 0.29) is 74.5 Å². The van der Waals surface area contributed by atoms with Crippen LogP contribution in [0.25, 0.3) is 33.5 Å². The molecule has 0 spiro atoms. The summed E-state index contributed by atoms with van der Waals surface area (Å²) in [5.41, 5.74) is 20.0. The van der Waals surface area contributed by atoms with E-state index in [0.29, 0.717) is 41.3 Å². The van der Waals surface area contributed by atoms with Crippen molar-refractivity contribution in [2.24, 2.45) is 0 Å². The van der Waals surface area contributed by atoms with Crippen molar-refractivity contribution in [3.8, 4) is 0 Å². The number of carbonyl (C=O) groups is 2. The molecule has 0 radical (unpaired) electrons. The molecule has 6 aromatic heterocycles. The molecule has 3 saturated heterocycles. The van der Waals surface area contributed by atoms with Gasteiger partial charge in [-0.1, -0.05) is 0 Å². The molecule has 9 heterocycles. The molecule has 370 valence electrons. The first-order valence-electron chi connectivity index (χ1n) is 21.4. The number of thiol groups is 2. The first-order chi connectivity index (χ1) is 33.3. The van der Waals surface area contributed by atoms with Gasteiger partial charge in [0.15, 0.2) is 75.5 Å². The molecule has 3 fully saturated rings. The van der Waals surface area contributed by atoms with Crippen molar-refractivity contribution in [2.45, 2.75) is 96.6 Å². The van der Waals surface area contributed by atoms with E-state index in [4.69, 9.17) is 55.1 Å². The highest BCUT2D eigenvalue weighted by Crippen LogP contribution is 2.39. The van der Waals surface area contributed by atoms with Crippen molar-refractivity contribution < 1.29 is 62.8 Å². The highest BCUT2D eigenvalue weighted by atomic mass is 32.1. The number of imidazole rings is 3. The van der Waals surface area contributed by atoms with E-state index in [1.54, 1.807) is 9.13 Å². The molecule has 6 aromatic rings. The Morgan fingerprint density at radius 1 is 0.667 bits per heavy atom. The van der Waals surface area contributed by atoms with Crippen LogP contribution < -0.4 is 17.2 Å². The second-order valence-corrected chi connectivity index (χ2v) is 17.9. The van der Waals surface area contributed by atoms with Crippen molar-refractivity contribution in [2.75, 3.05) is 57.3 Å². The minimum absolute atomic E-state index is 0.0194. The molecule has 28 nitrogen and oxygen atoms in total. The lowest BCUT2D eigenvalue weighted by molar-refractivity contribution is -0.133. The fourth-order valence-corrected chi connectivity index (χ4v) is 8.84. The predicted octanol–water partition coefficient (Wildman–Crippen LogP) is -1.70. The number of methoxy groups -OCH3 is 1. The molecule has 69 heavy (non-hydrogen) atoms. The van der Waals surface area contributed by atoms with Gasteiger partial charge in [0, 0.05) is 26.4 Å². The van der Waals surface area contributed by atoms with Crippen LogP contribution in [-0.2, 0) is 47.5 Å². The molecule has 0 amide bonds. The van der Waals surface area contributed by atoms with Crippen LogP contribution >= 0.6 is 25.3 Å². The van der Waals surface area contributed by atoms with E-state index in [1.165, 1.54) is 49.6 Å². The molecule has 0 bridgehead atoms. The fourth-order valence-electron chi connectivity index (χ4n) is 8.50. The standard InChI is InChI=1S/C39H49N15O13S2/c1-60-27-21(9-64-38(68,10-56)2-4-61-19-6-18(7-55)65-35(19)52-15-49-22-29(40)43-12-46-32(22)52)67-37(54-17-51-24-31(42)45-14-48-34(24)54)28(27)62-5-3-39(69,11-57)63-8-20-25(58)26(59)36(66-20)53-16-50-23-30(41)44-13-47-33(23)53/h10-21,25-28,35-37,55,58-59,68-69H,2-9H2,1H3,(H2,40,43,46)(H2,41,44,47)(H2,42,45,48). The topological polar surface area (TPSA) is 378 Å². The Labute approximate surface area is 401 Å². The number of hydrogen-bond donors (Lipinski definition) is 8. The third-order valence-corrected chi connectivity index (χ3v) is 13.1. The van der Waals surface area contributed by atoms with Crippen LogP contribution in [0.15, 0.2) is 38.0 Å². The number of nitrogens with zero attached hydrogens (tertiary/aromatic N) is 12. The first kappa shape index (κ1) is 48.7. The van der Waals surface area contributed by atoms with Crippen molar-refractivity contribution in [3.63, 3.8) is 0 Å². The summed E-state index contributed by atoms with van der Waals surface area (Å²) in [6.07, 6.45) is -1.33. The molecule has 9 rings (SSSR count). The Hall–Kier alpha value is -5.35. The number of nitrogen functional groups attached to an aromatic ring is 3. The summed E-state index contributed by atoms with van der Waals surface area (Å²) < 4.78 is 53.9. The maximum Gasteiger partial charge on any atom is 0.168 e. The summed E-state index contributed by atoms with van der Waals surface area (Å²) in [7, 11) is 1.44. The van der Waals surface area contributed by atoms with Gasteiger partial charge in [-0.3, -0.25) is 23.3 Å². The van der Waals surface area contributed by atoms with Gasteiger partial charge in [0.05, 0.1) is 58.1 Å². The van der Waals surface area contributed by atoms with E-state index < -0.39 is 77.4 Å². The Bertz CT molecular complexity index is 2770. The van der Waals surface area contributed by atoms with Gasteiger partial charge in [-0.25, -0.2) is 44.9 Å². The molecule has 13 atom stereocenters. The number of anilines is 3. The van der Waals surface area contributed by atoms with Crippen LogP contribution in [0.4, 0.5) is 17.5 Å². The van der Waals surface area contributed by atoms with Crippen LogP contribution in [-0.4, -0.2) is 185 Å². The second-order valence-electron chi connectivity index (χ2n) is 16.4. The minimum atomic E-state index is -1.77. The number of carbonyl (C=O) groups excluding carboxylic acids is 2. The fraction of sp³-hybridized carbons (Fsp3) is 0.564. The van der Waals surface area contributed by atoms with Gasteiger partial charge in [0.2, 0.25) is 0 Å². The number of aldehydes is 2. The highest BCUT2D eigenvalue weighted by Gasteiger charge is 2.50. The van der Waals surface area contributed by atoms with Gasteiger partial charge in [-0.05, 0) is 0 Å². The lowest BCUT2D eigenvalue weighted by Crippen LogP contribution is -2.41. The van der Waals surface area contributed by atoms with E-state index in [9.17, 15) is 24.9 Å². The molecule has 0 aliphatic carbocycles. The first-order valence-corrected chi connectivity index (χ1v) is 22.3. The van der Waals surface area contributed by atoms with E-state index in [2.05, 4.69) is 70.1 Å². The molecule has 3 aliphatic rings. The van der Waals surface area contributed by atoms with Crippen molar-refractivity contribution in [1.82, 2.24) is 58.6 Å². The lowest BCUT2D eigenvalue weighted by Gasteiger charge is -2.28. The van der Waals surface area contributed by atoms with E-state index in [1.807, 2.05) is 0 Å². The van der Waals surface area contributed by atoms with Crippen molar-refractivity contribution in [1.29, 1.82) is 0 Å². The number of aromatic nitrogens is 12. The predicted molar refractivity (Wildman–Crippen MR) is 242 cm³/mol. The summed E-state index contributed by atoms with van der Waals surface area (Å²) in [6.45, 7) is -1.04. The number of ether oxygens (including phenoxy) is 8. The van der Waals surface area contributed by atoms with Crippen LogP contribution in [0.2, 0.25) is 0 Å². The number of fused-ring (bicyclic) bond motifs is 3. The maximum atomic E-state index is 12.6. The molecule has 3 aliphatic heterocycles. The van der Waals surface area contributed by atoms with E-state index >= 15 is 0 Å². The average Bonchev–Trinajstić information content (AvgIpc) is 4.22. The second kappa shape index (κ2) is 20.2. The number of hydrogen-bond acceptors (Lipinski definition) is 27. The Kier molecular flexibility index (Phi) is 14.2. The van der Waals surface area contributed by atoms with Crippen molar-refractivity contribution in [3.05, 3.63) is 38.0 Å². The van der Waals surface area contributed by atoms with Crippen LogP contribution in [0.1, 0.15) is 37.9 Å². The van der Waals surface area contributed by atoms with Gasteiger partial charge in [-0.15, -0.1) is 25.3 Å². The minimum Gasteiger partial charge on any atom is -0.394 e. The number of aliphatic hydroxyl groups is 3. The summed E-state index contributed by atoms with van der Waals surface area (Å²) in [6, 6.07) is 0. The van der Waals surface area contributed by atoms with Crippen LogP contribution in [0.3, 0.4) is 0 Å². The quantitative estimate of drug-likeness (QED) is 0.0226. The third-order valence-electron chi connectivity index (χ3n) is 12.2. The van der Waals surface area contributed by atoms with Crippen molar-refractivity contribution >= 4 is 88.8 Å². The number of aliphatic hydroxyl groups excluding tert-OH is 3. The molecular weight excluding hydrogens is 951 g/mol. The normalized spacial score (nSPS) is 29.0. The zero-order valence-corrected chi connectivity index (χ0v) is 38.3. The van der Waals surface area contributed by atoms with Gasteiger partial charge in [0.1, 0.15) is 78.3 Å². The molecule has 0 aromatic carbocycles. The lowest BCUT2D eigenvalue weighted by atomic mass is 10.1. The van der Waals surface area contributed by atoms with Crippen LogP contribution in [0.5, 0.6) is 0 Å². The number of nitrogens with two attached hydrogens (primary N) is 3. The molecule has 9 N–H and O–H groups in total. The summed E-state index contributed by atoms with van der Waals surface area (Å²) in [4.78, 5) is 59.3. The Morgan fingerprint density at radius 3 is 1.65 bits per heavy atom. The molecule has 30 heteroatoms. The molecule has 0 saturated carbocycles. The maximum absolute atomic E-state index is 12.6. The zero-order chi connectivity index (χ0) is 48.6. The summed E-state index contributed by atoms with van der Waals surface area (Å²) >= 11 is 9.12. The zero-order valence-electron chi connectivity index (χ0n) is 36.5. The smallest absolute Gasteiger partial charge is 0.168 e. The van der Waals surface area contributed by atoms with Crippen LogP contribution in [0, 0.1) is 0 Å². The van der Waals surface area contributed by atoms with E-state index in [0.717, 1.165) is 0 Å². The SMILES string of the molecule is COC1C(COC(S)(C=O)CCOC2CC(CO)OC2n2cnc3c(N)ncnc32)OC(n2cnc3c(N)ncnc32)C1OCCC(S)(C=O)OCC1OC(n2cnc3c(N)ncnc32)C(O)C1O. The molecular formula is C39H49N15O13S2. The Balaban J connectivity index is 0.849. The van der Waals surface area contributed by atoms with Gasteiger partial charge >= 0.3 is 0 Å². The number of rotatable bonds is 21. The summed E-state index contributed by atoms with van der Waals surface area (Å²) in [5, 5.41) is 31.8. The monoisotopic (exact) mass is 999 g/mol. The largest absolute Gasteiger partial charge is 0.394 e. The average molecular weight is 1000 g/mol. The van der Waals surface area contributed by atoms with Gasteiger partial charge < -0.3 is 70.4 Å². The third kappa shape index (κ3) is 9.51. The highest BCUT2D eigenvalue weighted by molar-refractivity contribution is 7.82. The van der Waals surface area contributed by atoms with Gasteiger partial charge in [0.25, 0.3) is 0 Å². The Morgan fingerprint density at radius 2 is 1.14 bits per heavy atom.